The number of aromatic nitrogens is 4. The summed E-state index contributed by atoms with van der Waals surface area (Å²) in [5, 5.41) is 1.56. The summed E-state index contributed by atoms with van der Waals surface area (Å²) in [4.78, 5) is 35.6. The molecule has 2 saturated heterocycles. The zero-order valence-corrected chi connectivity index (χ0v) is 26.0. The van der Waals surface area contributed by atoms with Gasteiger partial charge in [0, 0.05) is 12.7 Å². The van der Waals surface area contributed by atoms with Crippen LogP contribution in [0.25, 0.3) is 32.9 Å². The fourth-order valence-electron chi connectivity index (χ4n) is 6.87. The van der Waals surface area contributed by atoms with Crippen molar-refractivity contribution in [2.24, 2.45) is 0 Å². The summed E-state index contributed by atoms with van der Waals surface area (Å²) in [5.41, 5.74) is -1.02. The minimum absolute atomic E-state index is 0.0200. The Morgan fingerprint density at radius 1 is 1.11 bits per heavy atom. The van der Waals surface area contributed by atoms with Crippen LogP contribution in [0.2, 0.25) is 0 Å². The molecular formula is C31H32F2N6O4S. The third-order valence-electron chi connectivity index (χ3n) is 8.53. The summed E-state index contributed by atoms with van der Waals surface area (Å²) in [7, 11) is 1.42. The van der Waals surface area contributed by atoms with Crippen molar-refractivity contribution in [2.45, 2.75) is 75.5 Å². The molecule has 0 saturated carbocycles. The Morgan fingerprint density at radius 3 is 2.64 bits per heavy atom. The van der Waals surface area contributed by atoms with Crippen molar-refractivity contribution < 1.29 is 27.8 Å². The van der Waals surface area contributed by atoms with Crippen LogP contribution in [0.15, 0.2) is 29.6 Å². The third-order valence-corrected chi connectivity index (χ3v) is 9.08. The van der Waals surface area contributed by atoms with Gasteiger partial charge < -0.3 is 19.1 Å². The van der Waals surface area contributed by atoms with Crippen LogP contribution in [0, 0.1) is 11.6 Å². The number of pyridine rings is 2. The number of anilines is 1. The van der Waals surface area contributed by atoms with Gasteiger partial charge in [-0.25, -0.2) is 33.5 Å². The quantitative estimate of drug-likeness (QED) is 0.200. The van der Waals surface area contributed by atoms with Gasteiger partial charge in [-0.3, -0.25) is 4.90 Å². The average Bonchev–Trinajstić information content (AvgIpc) is 3.23. The first-order valence-corrected chi connectivity index (χ1v) is 15.7. The predicted octanol–water partition coefficient (Wildman–Crippen LogP) is 5.99. The van der Waals surface area contributed by atoms with Gasteiger partial charge in [0.1, 0.15) is 39.9 Å². The van der Waals surface area contributed by atoms with E-state index in [2.05, 4.69) is 19.9 Å². The van der Waals surface area contributed by atoms with Crippen molar-refractivity contribution in [1.82, 2.24) is 24.8 Å². The summed E-state index contributed by atoms with van der Waals surface area (Å²) >= 11 is 1.28. The molecule has 0 N–H and O–H groups in total. The van der Waals surface area contributed by atoms with Crippen LogP contribution in [0.1, 0.15) is 40.5 Å². The topological polar surface area (TPSA) is 103 Å². The number of carbonyl (C=O) groups excluding carboxylic acids is 1. The number of benzene rings is 1. The number of fused-ring (bicyclic) bond motifs is 6. The highest BCUT2D eigenvalue weighted by atomic mass is 32.2. The molecule has 1 amide bonds. The number of ether oxygens (including phenoxy) is 3. The molecule has 4 aromatic rings. The van der Waals surface area contributed by atoms with Crippen molar-refractivity contribution in [3.8, 4) is 23.0 Å². The number of carbonyl (C=O) groups is 1. The molecule has 1 aromatic carbocycles. The molecule has 10 nitrogen and oxygen atoms in total. The fraction of sp³-hybridized carbons (Fsp3) is 0.452. The highest BCUT2D eigenvalue weighted by Crippen LogP contribution is 2.47. The number of piperazine rings is 1. The number of hydrogen-bond donors (Lipinski definition) is 0. The van der Waals surface area contributed by atoms with Gasteiger partial charge >= 0.3 is 6.09 Å². The van der Waals surface area contributed by atoms with Gasteiger partial charge in [-0.2, -0.15) is 0 Å². The Kier molecular flexibility index (Phi) is 6.72. The number of hydrogen-bond acceptors (Lipinski definition) is 10. The zero-order chi connectivity index (χ0) is 31.1. The lowest BCUT2D eigenvalue weighted by Crippen LogP contribution is -2.65. The van der Waals surface area contributed by atoms with Gasteiger partial charge in [-0.15, -0.1) is 0 Å². The SMILES string of the molecule is COc1nccc2ccc(F)c(-c3nc4c5c(nc(SC)nc5c3F)N3C[C@H]5CC[C@@H]([C@H]3[C@H](C)O4)N5C(=O)OC(C)(C)C)c12. The molecule has 230 valence electrons. The zero-order valence-electron chi connectivity index (χ0n) is 25.2. The minimum atomic E-state index is -0.801. The maximum absolute atomic E-state index is 16.7. The standard InChI is InChI=1S/C31H32F2N6O4S/c1-14-25-18-10-8-16(39(18)30(40)43-31(2,3)4)13-38(25)26-21-24(36-29(37-26)44-6)22(33)23(35-28(21)42-14)20-17(32)9-7-15-11-12-34-27(41-5)19(15)20/h7,9,11-12,14,16,18,25H,8,10,13H2,1-6H3/t14-,16+,18-,25+/m0/s1. The van der Waals surface area contributed by atoms with Gasteiger partial charge in [0.25, 0.3) is 0 Å². The number of methoxy groups -OCH3 is 1. The Hall–Kier alpha value is -4.00. The lowest BCUT2D eigenvalue weighted by atomic mass is 9.98. The first kappa shape index (κ1) is 28.8. The highest BCUT2D eigenvalue weighted by molar-refractivity contribution is 7.98. The van der Waals surface area contributed by atoms with Gasteiger partial charge in [0.2, 0.25) is 11.8 Å². The fourth-order valence-corrected chi connectivity index (χ4v) is 7.23. The van der Waals surface area contributed by atoms with Gasteiger partial charge in [0.05, 0.1) is 36.2 Å². The second-order valence-electron chi connectivity index (χ2n) is 12.3. The van der Waals surface area contributed by atoms with Crippen molar-refractivity contribution in [2.75, 3.05) is 24.8 Å². The second-order valence-corrected chi connectivity index (χ2v) is 13.1. The van der Waals surface area contributed by atoms with Gasteiger partial charge in [-0.1, -0.05) is 17.8 Å². The molecule has 3 aliphatic heterocycles. The second kappa shape index (κ2) is 10.3. The van der Waals surface area contributed by atoms with E-state index in [0.29, 0.717) is 28.3 Å². The van der Waals surface area contributed by atoms with E-state index in [1.165, 1.54) is 24.9 Å². The molecule has 0 radical (unpaired) electrons. The van der Waals surface area contributed by atoms with Crippen LogP contribution in [0.3, 0.4) is 0 Å². The lowest BCUT2D eigenvalue weighted by molar-refractivity contribution is 0.000952. The van der Waals surface area contributed by atoms with Crippen molar-refractivity contribution in [3.05, 3.63) is 36.0 Å². The molecule has 3 aromatic heterocycles. The van der Waals surface area contributed by atoms with E-state index >= 15 is 8.78 Å². The molecule has 44 heavy (non-hydrogen) atoms. The van der Waals surface area contributed by atoms with E-state index in [4.69, 9.17) is 19.2 Å². The monoisotopic (exact) mass is 622 g/mol. The van der Waals surface area contributed by atoms with Crippen molar-refractivity contribution in [3.63, 3.8) is 0 Å². The van der Waals surface area contributed by atoms with Crippen molar-refractivity contribution >= 4 is 45.3 Å². The van der Waals surface area contributed by atoms with Crippen LogP contribution in [-0.2, 0) is 4.74 Å². The Balaban J connectivity index is 1.44. The molecule has 6 heterocycles. The average molecular weight is 623 g/mol. The summed E-state index contributed by atoms with van der Waals surface area (Å²) in [6.07, 6.45) is 4.03. The van der Waals surface area contributed by atoms with E-state index in [1.807, 2.05) is 38.9 Å². The molecule has 3 aliphatic rings. The largest absolute Gasteiger partial charge is 0.481 e. The van der Waals surface area contributed by atoms with Crippen LogP contribution in [-0.4, -0.2) is 80.7 Å². The molecule has 4 atom stereocenters. The normalized spacial score (nSPS) is 22.5. The smallest absolute Gasteiger partial charge is 0.410 e. The Morgan fingerprint density at radius 2 is 1.91 bits per heavy atom. The number of halogens is 2. The van der Waals surface area contributed by atoms with E-state index in [9.17, 15) is 4.79 Å². The number of nitrogens with zero attached hydrogens (tertiary/aromatic N) is 6. The van der Waals surface area contributed by atoms with Crippen molar-refractivity contribution in [1.29, 1.82) is 0 Å². The molecule has 0 aliphatic carbocycles. The van der Waals surface area contributed by atoms with E-state index in [0.717, 1.165) is 12.8 Å². The molecule has 13 heteroatoms. The number of rotatable bonds is 3. The molecule has 2 bridgehead atoms. The van der Waals surface area contributed by atoms with Crippen LogP contribution >= 0.6 is 11.8 Å². The van der Waals surface area contributed by atoms with Gasteiger partial charge in [0.15, 0.2) is 11.0 Å². The lowest BCUT2D eigenvalue weighted by Gasteiger charge is -2.48. The summed E-state index contributed by atoms with van der Waals surface area (Å²) in [6.45, 7) is 7.90. The van der Waals surface area contributed by atoms with Crippen LogP contribution in [0.5, 0.6) is 11.8 Å². The van der Waals surface area contributed by atoms with Crippen LogP contribution < -0.4 is 14.4 Å². The molecule has 2 fully saturated rings. The minimum Gasteiger partial charge on any atom is -0.481 e. The first-order valence-electron chi connectivity index (χ1n) is 14.5. The van der Waals surface area contributed by atoms with E-state index in [-0.39, 0.29) is 58.1 Å². The summed E-state index contributed by atoms with van der Waals surface area (Å²) in [5.74, 6) is -0.766. The third kappa shape index (κ3) is 4.38. The Labute approximate surface area is 257 Å². The number of amides is 1. The molecule has 0 unspecified atom stereocenters. The molecule has 0 spiro atoms. The van der Waals surface area contributed by atoms with E-state index < -0.39 is 23.3 Å². The maximum atomic E-state index is 16.7. The first-order chi connectivity index (χ1) is 21.0. The Bertz CT molecular complexity index is 1840. The van der Waals surface area contributed by atoms with E-state index in [1.54, 1.807) is 18.3 Å². The summed E-state index contributed by atoms with van der Waals surface area (Å²) < 4.78 is 50.2. The summed E-state index contributed by atoms with van der Waals surface area (Å²) in [6, 6.07) is 3.87. The predicted molar refractivity (Wildman–Crippen MR) is 162 cm³/mol. The molecule has 7 rings (SSSR count). The van der Waals surface area contributed by atoms with Crippen LogP contribution in [0.4, 0.5) is 19.4 Å². The van der Waals surface area contributed by atoms with Gasteiger partial charge in [-0.05, 0) is 64.3 Å². The molecular weight excluding hydrogens is 590 g/mol. The maximum Gasteiger partial charge on any atom is 0.410 e. The number of thioether (sulfide) groups is 1. The highest BCUT2D eigenvalue weighted by Gasteiger charge is 2.53.